The number of nitrogens with two attached hydrogens (primary N) is 2. The van der Waals surface area contributed by atoms with Gasteiger partial charge in [0.15, 0.2) is 0 Å². The topological polar surface area (TPSA) is 74.2 Å². The summed E-state index contributed by atoms with van der Waals surface area (Å²) in [5.74, 6) is 0.438. The van der Waals surface area contributed by atoms with Crippen LogP contribution in [0.25, 0.3) is 0 Å². The Morgan fingerprint density at radius 3 is 2.92 bits per heavy atom. The van der Waals surface area contributed by atoms with E-state index in [1.165, 1.54) is 0 Å². The van der Waals surface area contributed by atoms with E-state index >= 15 is 0 Å². The van der Waals surface area contributed by atoms with Crippen LogP contribution in [-0.2, 0) is 0 Å². The molecular formula is C9H15N3O. The number of pyridine rings is 1. The summed E-state index contributed by atoms with van der Waals surface area (Å²) in [5, 5.41) is 0. The first-order valence-corrected chi connectivity index (χ1v) is 4.38. The van der Waals surface area contributed by atoms with Crippen molar-refractivity contribution in [1.82, 2.24) is 4.98 Å². The third kappa shape index (κ3) is 2.50. The molecule has 0 aliphatic rings. The zero-order valence-electron chi connectivity index (χ0n) is 7.79. The van der Waals surface area contributed by atoms with Crippen molar-refractivity contribution >= 4 is 11.4 Å². The number of hydrogen-bond donors (Lipinski definition) is 2. The monoisotopic (exact) mass is 181 g/mol. The number of aromatic nitrogens is 1. The maximum atomic E-state index is 5.65. The zero-order valence-corrected chi connectivity index (χ0v) is 7.79. The molecule has 4 heteroatoms. The SMILES string of the molecule is CCCCOc1nccc(N)c1N. The molecule has 1 rings (SSSR count). The second-order valence-corrected chi connectivity index (χ2v) is 2.82. The summed E-state index contributed by atoms with van der Waals surface area (Å²) in [7, 11) is 0. The molecule has 0 aliphatic heterocycles. The van der Waals surface area contributed by atoms with Gasteiger partial charge in [0, 0.05) is 6.20 Å². The molecule has 0 saturated carbocycles. The van der Waals surface area contributed by atoms with Crippen molar-refractivity contribution in [2.45, 2.75) is 19.8 Å². The number of hydrogen-bond acceptors (Lipinski definition) is 4. The maximum Gasteiger partial charge on any atom is 0.239 e. The fourth-order valence-electron chi connectivity index (χ4n) is 0.896. The molecule has 0 amide bonds. The Morgan fingerprint density at radius 1 is 1.46 bits per heavy atom. The second kappa shape index (κ2) is 4.54. The zero-order chi connectivity index (χ0) is 9.68. The number of nitrogen functional groups attached to an aromatic ring is 2. The minimum absolute atomic E-state index is 0.429. The summed E-state index contributed by atoms with van der Waals surface area (Å²) in [6.07, 6.45) is 3.67. The van der Waals surface area contributed by atoms with Gasteiger partial charge in [-0.05, 0) is 12.5 Å². The smallest absolute Gasteiger partial charge is 0.239 e. The van der Waals surface area contributed by atoms with Gasteiger partial charge >= 0.3 is 0 Å². The van der Waals surface area contributed by atoms with Crippen LogP contribution in [0.4, 0.5) is 11.4 Å². The Bertz CT molecular complexity index is 276. The minimum atomic E-state index is 0.429. The highest BCUT2D eigenvalue weighted by Gasteiger charge is 2.03. The minimum Gasteiger partial charge on any atom is -0.476 e. The first-order valence-electron chi connectivity index (χ1n) is 4.38. The van der Waals surface area contributed by atoms with Crippen LogP contribution in [-0.4, -0.2) is 11.6 Å². The van der Waals surface area contributed by atoms with E-state index in [-0.39, 0.29) is 0 Å². The van der Waals surface area contributed by atoms with Crippen molar-refractivity contribution in [1.29, 1.82) is 0 Å². The lowest BCUT2D eigenvalue weighted by Gasteiger charge is -2.07. The molecule has 4 nitrogen and oxygen atoms in total. The van der Waals surface area contributed by atoms with Gasteiger partial charge in [-0.25, -0.2) is 4.98 Å². The lowest BCUT2D eigenvalue weighted by molar-refractivity contribution is 0.300. The van der Waals surface area contributed by atoms with Crippen LogP contribution >= 0.6 is 0 Å². The van der Waals surface area contributed by atoms with Crippen LogP contribution < -0.4 is 16.2 Å². The molecule has 0 bridgehead atoms. The largest absolute Gasteiger partial charge is 0.476 e. The quantitative estimate of drug-likeness (QED) is 0.689. The molecule has 4 N–H and O–H groups in total. The highest BCUT2D eigenvalue weighted by molar-refractivity contribution is 5.67. The molecule has 0 unspecified atom stereocenters. The summed E-state index contributed by atoms with van der Waals surface area (Å²) < 4.78 is 5.34. The van der Waals surface area contributed by atoms with Crippen molar-refractivity contribution in [2.75, 3.05) is 18.1 Å². The first kappa shape index (κ1) is 9.64. The lowest BCUT2D eigenvalue weighted by Crippen LogP contribution is -2.04. The fourth-order valence-corrected chi connectivity index (χ4v) is 0.896. The highest BCUT2D eigenvalue weighted by Crippen LogP contribution is 2.23. The van der Waals surface area contributed by atoms with Crippen LogP contribution in [0.2, 0.25) is 0 Å². The van der Waals surface area contributed by atoms with Crippen molar-refractivity contribution in [3.8, 4) is 5.88 Å². The summed E-state index contributed by atoms with van der Waals surface area (Å²) in [4.78, 5) is 3.98. The van der Waals surface area contributed by atoms with Gasteiger partial charge in [-0.2, -0.15) is 0 Å². The summed E-state index contributed by atoms with van der Waals surface area (Å²) in [5.41, 5.74) is 12.2. The number of anilines is 2. The Balaban J connectivity index is 2.61. The van der Waals surface area contributed by atoms with Crippen molar-refractivity contribution in [3.63, 3.8) is 0 Å². The average Bonchev–Trinajstić information content (AvgIpc) is 2.13. The van der Waals surface area contributed by atoms with Crippen LogP contribution in [0.15, 0.2) is 12.3 Å². The van der Waals surface area contributed by atoms with Crippen LogP contribution in [0.1, 0.15) is 19.8 Å². The molecule has 0 fully saturated rings. The van der Waals surface area contributed by atoms with E-state index < -0.39 is 0 Å². The maximum absolute atomic E-state index is 5.65. The predicted octanol–water partition coefficient (Wildman–Crippen LogP) is 1.42. The first-order chi connectivity index (χ1) is 6.25. The van der Waals surface area contributed by atoms with Gasteiger partial charge in [-0.15, -0.1) is 0 Å². The van der Waals surface area contributed by atoms with Crippen LogP contribution in [0.3, 0.4) is 0 Å². The van der Waals surface area contributed by atoms with Gasteiger partial charge in [-0.1, -0.05) is 13.3 Å². The Hall–Kier alpha value is -1.45. The van der Waals surface area contributed by atoms with Gasteiger partial charge in [0.05, 0.1) is 12.3 Å². The normalized spacial score (nSPS) is 9.92. The third-order valence-corrected chi connectivity index (χ3v) is 1.72. The number of nitrogens with zero attached hydrogens (tertiary/aromatic N) is 1. The van der Waals surface area contributed by atoms with Gasteiger partial charge < -0.3 is 16.2 Å². The van der Waals surface area contributed by atoms with E-state index in [2.05, 4.69) is 11.9 Å². The molecule has 72 valence electrons. The van der Waals surface area contributed by atoms with Crippen molar-refractivity contribution in [3.05, 3.63) is 12.3 Å². The van der Waals surface area contributed by atoms with Gasteiger partial charge in [0.2, 0.25) is 5.88 Å². The molecule has 0 atom stereocenters. The van der Waals surface area contributed by atoms with Crippen molar-refractivity contribution in [2.24, 2.45) is 0 Å². The molecule has 1 aromatic rings. The van der Waals surface area contributed by atoms with Crippen LogP contribution in [0.5, 0.6) is 5.88 Å². The Morgan fingerprint density at radius 2 is 2.23 bits per heavy atom. The third-order valence-electron chi connectivity index (χ3n) is 1.72. The van der Waals surface area contributed by atoms with Gasteiger partial charge in [0.1, 0.15) is 5.69 Å². The molecule has 0 spiro atoms. The molecule has 0 radical (unpaired) electrons. The lowest BCUT2D eigenvalue weighted by atomic mass is 10.3. The van der Waals surface area contributed by atoms with E-state index in [1.807, 2.05) is 0 Å². The fraction of sp³-hybridized carbons (Fsp3) is 0.444. The molecule has 0 saturated heterocycles. The van der Waals surface area contributed by atoms with Crippen molar-refractivity contribution < 1.29 is 4.74 Å². The standard InChI is InChI=1S/C9H15N3O/c1-2-3-6-13-9-8(11)7(10)4-5-12-9/h4-5H,2-3,6,11H2,1H3,(H2,10,12). The second-order valence-electron chi connectivity index (χ2n) is 2.82. The predicted molar refractivity (Wildman–Crippen MR) is 53.5 cm³/mol. The van der Waals surface area contributed by atoms with E-state index in [0.717, 1.165) is 12.8 Å². The summed E-state index contributed by atoms with van der Waals surface area (Å²) in [6.45, 7) is 2.73. The molecule has 1 aromatic heterocycles. The molecule has 1 heterocycles. The van der Waals surface area contributed by atoms with E-state index in [1.54, 1.807) is 12.3 Å². The number of ether oxygens (including phenoxy) is 1. The van der Waals surface area contributed by atoms with Crippen LogP contribution in [0, 0.1) is 0 Å². The van der Waals surface area contributed by atoms with E-state index in [9.17, 15) is 0 Å². The van der Waals surface area contributed by atoms with E-state index in [4.69, 9.17) is 16.2 Å². The van der Waals surface area contributed by atoms with Gasteiger partial charge in [0.25, 0.3) is 0 Å². The molecule has 0 aromatic carbocycles. The molecular weight excluding hydrogens is 166 g/mol. The van der Waals surface area contributed by atoms with E-state index in [0.29, 0.717) is 23.9 Å². The highest BCUT2D eigenvalue weighted by atomic mass is 16.5. The number of unbranched alkanes of at least 4 members (excludes halogenated alkanes) is 1. The average molecular weight is 181 g/mol. The van der Waals surface area contributed by atoms with Gasteiger partial charge in [-0.3, -0.25) is 0 Å². The number of rotatable bonds is 4. The summed E-state index contributed by atoms with van der Waals surface area (Å²) >= 11 is 0. The Labute approximate surface area is 77.9 Å². The molecule has 13 heavy (non-hydrogen) atoms. The summed E-state index contributed by atoms with van der Waals surface area (Å²) in [6, 6.07) is 1.65. The molecule has 0 aliphatic carbocycles. The Kier molecular flexibility index (Phi) is 3.37.